The molecule has 1 N–H and O–H groups in total. The van der Waals surface area contributed by atoms with Crippen LogP contribution in [0.3, 0.4) is 0 Å². The van der Waals surface area contributed by atoms with Crippen LogP contribution < -0.4 is 5.32 Å². The zero-order valence-corrected chi connectivity index (χ0v) is 14.4. The van der Waals surface area contributed by atoms with Crippen LogP contribution in [0.25, 0.3) is 0 Å². The predicted molar refractivity (Wildman–Crippen MR) is 91.0 cm³/mol. The molecular weight excluding hydrogens is 363 g/mol. The fourth-order valence-corrected chi connectivity index (χ4v) is 3.61. The van der Waals surface area contributed by atoms with Crippen molar-refractivity contribution in [2.75, 3.05) is 20.6 Å². The summed E-state index contributed by atoms with van der Waals surface area (Å²) in [5.74, 6) is 0.0433. The van der Waals surface area contributed by atoms with Gasteiger partial charge in [-0.15, -0.1) is 0 Å². The van der Waals surface area contributed by atoms with E-state index in [9.17, 15) is 4.79 Å². The molecule has 0 atom stereocenters. The molecule has 0 aromatic heterocycles. The predicted octanol–water partition coefficient (Wildman–Crippen LogP) is 3.29. The summed E-state index contributed by atoms with van der Waals surface area (Å²) in [6, 6.07) is 7.73. The summed E-state index contributed by atoms with van der Waals surface area (Å²) in [5, 5.41) is 3.15. The summed E-state index contributed by atoms with van der Waals surface area (Å²) in [6.45, 7) is 0.740. The summed E-state index contributed by atoms with van der Waals surface area (Å²) in [5.41, 5.74) is 0.909. The zero-order valence-electron chi connectivity index (χ0n) is 12.3. The van der Waals surface area contributed by atoms with Crippen LogP contribution >= 0.6 is 22.6 Å². The second-order valence-corrected chi connectivity index (χ2v) is 7.00. The number of carbonyl (C=O) groups is 1. The maximum atomic E-state index is 12.3. The third-order valence-corrected chi connectivity index (χ3v) is 5.37. The molecule has 1 aromatic rings. The van der Waals surface area contributed by atoms with Gasteiger partial charge in [0.25, 0.3) is 5.91 Å². The van der Waals surface area contributed by atoms with Crippen LogP contribution in [0.4, 0.5) is 0 Å². The molecule has 1 aliphatic rings. The Morgan fingerprint density at radius 1 is 1.25 bits per heavy atom. The molecule has 1 amide bonds. The van der Waals surface area contributed by atoms with Crippen molar-refractivity contribution >= 4 is 28.5 Å². The van der Waals surface area contributed by atoms with E-state index in [0.29, 0.717) is 0 Å². The lowest BCUT2D eigenvalue weighted by Crippen LogP contribution is -2.53. The van der Waals surface area contributed by atoms with Crippen LogP contribution in [0.2, 0.25) is 0 Å². The number of amides is 1. The lowest BCUT2D eigenvalue weighted by molar-refractivity contribution is 0.0799. The van der Waals surface area contributed by atoms with Gasteiger partial charge < -0.3 is 10.2 Å². The molecule has 0 bridgehead atoms. The van der Waals surface area contributed by atoms with Gasteiger partial charge in [0.05, 0.1) is 5.56 Å². The Morgan fingerprint density at radius 2 is 1.90 bits per heavy atom. The molecule has 2 rings (SSSR count). The minimum atomic E-state index is 0.0433. The number of carbonyl (C=O) groups excluding carboxylic acids is 1. The van der Waals surface area contributed by atoms with Gasteiger partial charge in [-0.3, -0.25) is 4.79 Å². The smallest absolute Gasteiger partial charge is 0.252 e. The fraction of sp³-hybridized carbons (Fsp3) is 0.562. The Morgan fingerprint density at radius 3 is 2.50 bits per heavy atom. The molecule has 0 heterocycles. The van der Waals surface area contributed by atoms with Gasteiger partial charge >= 0.3 is 0 Å². The van der Waals surface area contributed by atoms with Crippen LogP contribution in [0, 0.1) is 3.57 Å². The minimum Gasteiger partial charge on any atom is -0.350 e. The Hall–Kier alpha value is -0.620. The lowest BCUT2D eigenvalue weighted by Gasteiger charge is -2.43. The van der Waals surface area contributed by atoms with Crippen molar-refractivity contribution in [2.24, 2.45) is 0 Å². The maximum absolute atomic E-state index is 12.3. The van der Waals surface area contributed by atoms with E-state index in [1.54, 1.807) is 0 Å². The number of hydrogen-bond donors (Lipinski definition) is 1. The molecule has 1 aliphatic carbocycles. The molecule has 4 heteroatoms. The molecule has 0 aliphatic heterocycles. The molecule has 20 heavy (non-hydrogen) atoms. The number of likely N-dealkylation sites (N-methyl/N-ethyl adjacent to an activating group) is 1. The van der Waals surface area contributed by atoms with E-state index in [-0.39, 0.29) is 11.4 Å². The standard InChI is InChI=1S/C16H23IN2O/c1-19(2)16(10-6-3-7-11-16)12-18-15(20)13-8-4-5-9-14(13)17/h4-5,8-9H,3,6-7,10-12H2,1-2H3,(H,18,20). The Bertz CT molecular complexity index is 467. The summed E-state index contributed by atoms with van der Waals surface area (Å²) in [7, 11) is 4.26. The SMILES string of the molecule is CN(C)C1(CNC(=O)c2ccccc2I)CCCCC1. The van der Waals surface area contributed by atoms with Crippen molar-refractivity contribution < 1.29 is 4.79 Å². The number of hydrogen-bond acceptors (Lipinski definition) is 2. The van der Waals surface area contributed by atoms with Crippen molar-refractivity contribution in [3.63, 3.8) is 0 Å². The number of halogens is 1. The lowest BCUT2D eigenvalue weighted by atomic mass is 9.80. The van der Waals surface area contributed by atoms with Gasteiger partial charge in [-0.1, -0.05) is 31.4 Å². The maximum Gasteiger partial charge on any atom is 0.252 e. The molecule has 1 fully saturated rings. The molecule has 0 unspecified atom stereocenters. The summed E-state index contributed by atoms with van der Waals surface area (Å²) < 4.78 is 1.00. The second-order valence-electron chi connectivity index (χ2n) is 5.84. The number of nitrogens with zero attached hydrogens (tertiary/aromatic N) is 1. The van der Waals surface area contributed by atoms with Crippen LogP contribution in [0.5, 0.6) is 0 Å². The first-order valence-corrected chi connectivity index (χ1v) is 8.33. The van der Waals surface area contributed by atoms with E-state index in [2.05, 4.69) is 46.9 Å². The van der Waals surface area contributed by atoms with Gasteiger partial charge in [0.2, 0.25) is 0 Å². The first-order valence-electron chi connectivity index (χ1n) is 7.25. The molecule has 0 radical (unpaired) electrons. The topological polar surface area (TPSA) is 32.3 Å². The first-order chi connectivity index (χ1) is 9.55. The molecular formula is C16H23IN2O. The quantitative estimate of drug-likeness (QED) is 0.806. The Labute approximate surface area is 135 Å². The van der Waals surface area contributed by atoms with Crippen LogP contribution in [-0.2, 0) is 0 Å². The Balaban J connectivity index is 2.03. The van der Waals surface area contributed by atoms with Crippen molar-refractivity contribution in [3.8, 4) is 0 Å². The third-order valence-electron chi connectivity index (χ3n) is 4.43. The van der Waals surface area contributed by atoms with Crippen molar-refractivity contribution in [1.82, 2.24) is 10.2 Å². The molecule has 0 saturated heterocycles. The molecule has 3 nitrogen and oxygen atoms in total. The highest BCUT2D eigenvalue weighted by Gasteiger charge is 2.34. The zero-order chi connectivity index (χ0) is 14.6. The highest BCUT2D eigenvalue weighted by atomic mass is 127. The van der Waals surface area contributed by atoms with E-state index in [0.717, 1.165) is 15.7 Å². The molecule has 1 saturated carbocycles. The van der Waals surface area contributed by atoms with E-state index in [1.165, 1.54) is 32.1 Å². The van der Waals surface area contributed by atoms with Gasteiger partial charge in [0.15, 0.2) is 0 Å². The van der Waals surface area contributed by atoms with Crippen LogP contribution in [0.1, 0.15) is 42.5 Å². The molecule has 1 aromatic carbocycles. The minimum absolute atomic E-state index is 0.0433. The van der Waals surface area contributed by atoms with Gasteiger partial charge in [0.1, 0.15) is 0 Å². The summed E-state index contributed by atoms with van der Waals surface area (Å²) in [6.07, 6.45) is 6.19. The summed E-state index contributed by atoms with van der Waals surface area (Å²) in [4.78, 5) is 14.6. The van der Waals surface area contributed by atoms with E-state index >= 15 is 0 Å². The third kappa shape index (κ3) is 3.52. The number of benzene rings is 1. The van der Waals surface area contributed by atoms with E-state index in [1.807, 2.05) is 24.3 Å². The number of rotatable bonds is 4. The molecule has 110 valence electrons. The highest BCUT2D eigenvalue weighted by Crippen LogP contribution is 2.31. The van der Waals surface area contributed by atoms with Gasteiger partial charge in [-0.2, -0.15) is 0 Å². The summed E-state index contributed by atoms with van der Waals surface area (Å²) >= 11 is 2.22. The van der Waals surface area contributed by atoms with E-state index < -0.39 is 0 Å². The highest BCUT2D eigenvalue weighted by molar-refractivity contribution is 14.1. The van der Waals surface area contributed by atoms with Crippen molar-refractivity contribution in [3.05, 3.63) is 33.4 Å². The van der Waals surface area contributed by atoms with Crippen molar-refractivity contribution in [1.29, 1.82) is 0 Å². The largest absolute Gasteiger partial charge is 0.350 e. The number of nitrogens with one attached hydrogen (secondary N) is 1. The molecule has 0 spiro atoms. The first kappa shape index (κ1) is 15.8. The van der Waals surface area contributed by atoms with Crippen LogP contribution in [0.15, 0.2) is 24.3 Å². The average molecular weight is 386 g/mol. The fourth-order valence-electron chi connectivity index (χ4n) is 2.98. The van der Waals surface area contributed by atoms with Crippen molar-refractivity contribution in [2.45, 2.75) is 37.6 Å². The Kier molecular flexibility index (Phi) is 5.43. The van der Waals surface area contributed by atoms with Crippen LogP contribution in [-0.4, -0.2) is 37.0 Å². The van der Waals surface area contributed by atoms with Gasteiger partial charge in [-0.05, 0) is 61.7 Å². The second kappa shape index (κ2) is 6.89. The normalized spacial score (nSPS) is 18.0. The van der Waals surface area contributed by atoms with Gasteiger partial charge in [-0.25, -0.2) is 0 Å². The van der Waals surface area contributed by atoms with Gasteiger partial charge in [0, 0.05) is 15.7 Å². The van der Waals surface area contributed by atoms with E-state index in [4.69, 9.17) is 0 Å². The monoisotopic (exact) mass is 386 g/mol. The average Bonchev–Trinajstić information content (AvgIpc) is 2.46.